The van der Waals surface area contributed by atoms with E-state index in [9.17, 15) is 4.79 Å². The van der Waals surface area contributed by atoms with Gasteiger partial charge in [0.05, 0.1) is 11.9 Å². The number of aromatic nitrogens is 5. The molecule has 4 rings (SSSR count). The van der Waals surface area contributed by atoms with Gasteiger partial charge in [-0.25, -0.2) is 0 Å². The number of benzene rings is 1. The summed E-state index contributed by atoms with van der Waals surface area (Å²) in [6, 6.07) is 9.11. The average molecular weight is 341 g/mol. The number of nitrogens with zero attached hydrogens (tertiary/aromatic N) is 4. The maximum Gasteiger partial charge on any atom is 0.253 e. The van der Waals surface area contributed by atoms with Crippen LogP contribution in [0.5, 0.6) is 0 Å². The van der Waals surface area contributed by atoms with E-state index in [-0.39, 0.29) is 5.56 Å². The number of aryl methyl sites for hydroxylation is 1. The van der Waals surface area contributed by atoms with E-state index < -0.39 is 0 Å². The number of pyridine rings is 2. The molecule has 0 unspecified atom stereocenters. The molecule has 0 bridgehead atoms. The largest absolute Gasteiger partial charge is 0.379 e. The lowest BCUT2D eigenvalue weighted by atomic mass is 10.1. The van der Waals surface area contributed by atoms with Gasteiger partial charge in [-0.15, -0.1) is 5.10 Å². The Bertz CT molecular complexity index is 1120. The third-order valence-electron chi connectivity index (χ3n) is 3.89. The highest BCUT2D eigenvalue weighted by atomic mass is 35.5. The zero-order valence-corrected chi connectivity index (χ0v) is 13.5. The fraction of sp³-hybridized carbons (Fsp3) is 0.125. The molecule has 0 aliphatic heterocycles. The van der Waals surface area contributed by atoms with Gasteiger partial charge in [0.2, 0.25) is 0 Å². The lowest BCUT2D eigenvalue weighted by Crippen LogP contribution is -2.16. The van der Waals surface area contributed by atoms with Gasteiger partial charge in [-0.05, 0) is 53.2 Å². The van der Waals surface area contributed by atoms with E-state index in [0.717, 1.165) is 22.2 Å². The normalized spacial score (nSPS) is 11.2. The molecule has 0 atom stereocenters. The van der Waals surface area contributed by atoms with Gasteiger partial charge in [-0.2, -0.15) is 4.52 Å². The Morgan fingerprint density at radius 1 is 1.29 bits per heavy atom. The van der Waals surface area contributed by atoms with Crippen LogP contribution in [0.1, 0.15) is 11.1 Å². The first-order chi connectivity index (χ1) is 11.6. The first-order valence-corrected chi connectivity index (χ1v) is 7.71. The lowest BCUT2D eigenvalue weighted by Gasteiger charge is -2.10. The van der Waals surface area contributed by atoms with Crippen LogP contribution >= 0.6 is 11.6 Å². The van der Waals surface area contributed by atoms with Crippen LogP contribution in [0.3, 0.4) is 0 Å². The van der Waals surface area contributed by atoms with Crippen molar-refractivity contribution in [1.29, 1.82) is 0 Å². The molecule has 0 saturated heterocycles. The number of H-pyrrole nitrogens is 1. The van der Waals surface area contributed by atoms with Crippen LogP contribution < -0.4 is 10.9 Å². The molecule has 7 nitrogen and oxygen atoms in total. The summed E-state index contributed by atoms with van der Waals surface area (Å²) in [5, 5.41) is 16.2. The number of tetrazole rings is 1. The Labute approximate surface area is 141 Å². The summed E-state index contributed by atoms with van der Waals surface area (Å²) in [5.41, 5.74) is 3.80. The molecule has 4 aromatic rings. The minimum Gasteiger partial charge on any atom is -0.379 e. The fourth-order valence-electron chi connectivity index (χ4n) is 2.61. The Hall–Kier alpha value is -2.93. The van der Waals surface area contributed by atoms with Crippen molar-refractivity contribution in [2.24, 2.45) is 0 Å². The van der Waals surface area contributed by atoms with Crippen molar-refractivity contribution in [1.82, 2.24) is 25.0 Å². The monoisotopic (exact) mass is 340 g/mol. The van der Waals surface area contributed by atoms with Gasteiger partial charge < -0.3 is 10.3 Å². The Morgan fingerprint density at radius 3 is 3.04 bits per heavy atom. The molecular weight excluding hydrogens is 328 g/mol. The zero-order valence-electron chi connectivity index (χ0n) is 12.7. The summed E-state index contributed by atoms with van der Waals surface area (Å²) in [6.07, 6.45) is 1.80. The molecule has 24 heavy (non-hydrogen) atoms. The second-order valence-electron chi connectivity index (χ2n) is 5.56. The van der Waals surface area contributed by atoms with Crippen LogP contribution in [-0.4, -0.2) is 25.0 Å². The van der Waals surface area contributed by atoms with Crippen molar-refractivity contribution < 1.29 is 0 Å². The number of hydrogen-bond acceptors (Lipinski definition) is 5. The van der Waals surface area contributed by atoms with E-state index in [2.05, 4.69) is 25.8 Å². The molecule has 0 amide bonds. The molecule has 0 saturated carbocycles. The fourth-order valence-corrected chi connectivity index (χ4v) is 2.79. The van der Waals surface area contributed by atoms with E-state index in [0.29, 0.717) is 22.8 Å². The predicted molar refractivity (Wildman–Crippen MR) is 92.4 cm³/mol. The SMILES string of the molecule is Cc1cc2nnnn2cc1NCc1cc2cc(Cl)ccc2[nH]c1=O. The number of aromatic amines is 1. The summed E-state index contributed by atoms with van der Waals surface area (Å²) in [5.74, 6) is 0. The van der Waals surface area contributed by atoms with Gasteiger partial charge >= 0.3 is 0 Å². The molecule has 3 heterocycles. The lowest BCUT2D eigenvalue weighted by molar-refractivity contribution is 0.822. The highest BCUT2D eigenvalue weighted by molar-refractivity contribution is 6.31. The summed E-state index contributed by atoms with van der Waals surface area (Å²) in [7, 11) is 0. The van der Waals surface area contributed by atoms with Crippen LogP contribution in [-0.2, 0) is 6.54 Å². The van der Waals surface area contributed by atoms with Crippen molar-refractivity contribution >= 4 is 33.8 Å². The second-order valence-corrected chi connectivity index (χ2v) is 6.00. The molecule has 0 aliphatic rings. The molecule has 0 spiro atoms. The Kier molecular flexibility index (Phi) is 3.42. The summed E-state index contributed by atoms with van der Waals surface area (Å²) >= 11 is 6.02. The summed E-state index contributed by atoms with van der Waals surface area (Å²) in [6.45, 7) is 2.34. The summed E-state index contributed by atoms with van der Waals surface area (Å²) < 4.78 is 1.58. The zero-order chi connectivity index (χ0) is 16.7. The van der Waals surface area contributed by atoms with Crippen molar-refractivity contribution in [3.8, 4) is 0 Å². The van der Waals surface area contributed by atoms with E-state index in [1.165, 1.54) is 0 Å². The maximum atomic E-state index is 12.2. The van der Waals surface area contributed by atoms with Gasteiger partial charge in [0.25, 0.3) is 5.56 Å². The maximum absolute atomic E-state index is 12.2. The highest BCUT2D eigenvalue weighted by Crippen LogP contribution is 2.19. The molecule has 3 aromatic heterocycles. The first-order valence-electron chi connectivity index (χ1n) is 7.34. The van der Waals surface area contributed by atoms with Gasteiger partial charge in [-0.1, -0.05) is 11.6 Å². The van der Waals surface area contributed by atoms with Gasteiger partial charge in [0.15, 0.2) is 5.65 Å². The third kappa shape index (κ3) is 2.59. The smallest absolute Gasteiger partial charge is 0.253 e. The minimum absolute atomic E-state index is 0.126. The molecular formula is C16H13ClN6O. The number of fused-ring (bicyclic) bond motifs is 2. The standard InChI is InChI=1S/C16H13ClN6O/c1-9-4-15-20-21-22-23(15)8-14(9)18-7-11-5-10-6-12(17)2-3-13(10)19-16(11)24/h2-6,8,18H,7H2,1H3,(H,19,24). The molecule has 0 aliphatic carbocycles. The van der Waals surface area contributed by atoms with Crippen molar-refractivity contribution in [2.45, 2.75) is 13.5 Å². The van der Waals surface area contributed by atoms with Crippen LogP contribution in [0.4, 0.5) is 5.69 Å². The number of rotatable bonds is 3. The van der Waals surface area contributed by atoms with E-state index in [1.54, 1.807) is 22.8 Å². The predicted octanol–water partition coefficient (Wildman–Crippen LogP) is 2.54. The molecule has 0 fully saturated rings. The van der Waals surface area contributed by atoms with E-state index in [1.807, 2.05) is 25.1 Å². The van der Waals surface area contributed by atoms with Crippen LogP contribution in [0.25, 0.3) is 16.6 Å². The van der Waals surface area contributed by atoms with Gasteiger partial charge in [0.1, 0.15) is 0 Å². The molecule has 2 N–H and O–H groups in total. The van der Waals surface area contributed by atoms with Crippen LogP contribution in [0, 0.1) is 6.92 Å². The summed E-state index contributed by atoms with van der Waals surface area (Å²) in [4.78, 5) is 15.1. The quantitative estimate of drug-likeness (QED) is 0.598. The van der Waals surface area contributed by atoms with Gasteiger partial charge in [-0.3, -0.25) is 4.79 Å². The molecule has 8 heteroatoms. The van der Waals surface area contributed by atoms with Crippen molar-refractivity contribution in [2.75, 3.05) is 5.32 Å². The average Bonchev–Trinajstić information content (AvgIpc) is 3.00. The van der Waals surface area contributed by atoms with Gasteiger partial charge in [0, 0.05) is 28.0 Å². The molecule has 120 valence electrons. The van der Waals surface area contributed by atoms with Crippen LogP contribution in [0.15, 0.2) is 41.3 Å². The number of hydrogen-bond donors (Lipinski definition) is 2. The van der Waals surface area contributed by atoms with E-state index >= 15 is 0 Å². The van der Waals surface area contributed by atoms with Crippen LogP contribution in [0.2, 0.25) is 5.02 Å². The number of anilines is 1. The Morgan fingerprint density at radius 2 is 2.17 bits per heavy atom. The van der Waals surface area contributed by atoms with Crippen molar-refractivity contribution in [3.63, 3.8) is 0 Å². The first kappa shape index (κ1) is 14.6. The van der Waals surface area contributed by atoms with E-state index in [4.69, 9.17) is 11.6 Å². The van der Waals surface area contributed by atoms with Crippen molar-refractivity contribution in [3.05, 3.63) is 63.0 Å². The highest BCUT2D eigenvalue weighted by Gasteiger charge is 2.07. The Balaban J connectivity index is 1.67. The second kappa shape index (κ2) is 5.61. The minimum atomic E-state index is -0.126. The topological polar surface area (TPSA) is 88.0 Å². The third-order valence-corrected chi connectivity index (χ3v) is 4.13. The molecule has 1 aromatic carbocycles. The number of nitrogens with one attached hydrogen (secondary N) is 2. The molecule has 0 radical (unpaired) electrons. The number of halogens is 1.